The summed E-state index contributed by atoms with van der Waals surface area (Å²) in [4.78, 5) is 32.6. The summed E-state index contributed by atoms with van der Waals surface area (Å²) in [5.74, 6) is -0.731. The van der Waals surface area contributed by atoms with Crippen molar-refractivity contribution >= 4 is 45.8 Å². The van der Waals surface area contributed by atoms with Crippen LogP contribution in [0.1, 0.15) is 21.6 Å². The van der Waals surface area contributed by atoms with E-state index in [1.165, 1.54) is 23.9 Å². The Morgan fingerprint density at radius 1 is 1.12 bits per heavy atom. The largest absolute Gasteiger partial charge is 0.464 e. The quantitative estimate of drug-likeness (QED) is 0.570. The molecule has 7 nitrogen and oxygen atoms in total. The zero-order chi connectivity index (χ0) is 22.8. The molecule has 1 aromatic heterocycles. The first-order valence-corrected chi connectivity index (χ1v) is 11.0. The van der Waals surface area contributed by atoms with Crippen LogP contribution in [0.15, 0.2) is 36.4 Å². The van der Waals surface area contributed by atoms with E-state index in [4.69, 9.17) is 16.3 Å². The van der Waals surface area contributed by atoms with E-state index in [-0.39, 0.29) is 18.1 Å². The van der Waals surface area contributed by atoms with Crippen LogP contribution in [-0.4, -0.2) is 61.6 Å². The Bertz CT molecular complexity index is 1170. The molecule has 8 heteroatoms. The molecule has 0 saturated carbocycles. The third kappa shape index (κ3) is 4.45. The number of carbonyl (C=O) groups excluding carboxylic acids is 2. The number of aryl methyl sites for hydroxylation is 1. The number of esters is 1. The lowest BCUT2D eigenvalue weighted by Crippen LogP contribution is -2.48. The lowest BCUT2D eigenvalue weighted by atomic mass is 10.1. The zero-order valence-corrected chi connectivity index (χ0v) is 19.3. The summed E-state index contributed by atoms with van der Waals surface area (Å²) in [5.41, 5.74) is 5.14. The molecule has 3 aromatic rings. The lowest BCUT2D eigenvalue weighted by molar-refractivity contribution is -0.117. The number of aromatic nitrogens is 1. The van der Waals surface area contributed by atoms with Crippen LogP contribution in [0.2, 0.25) is 5.02 Å². The third-order valence-corrected chi connectivity index (χ3v) is 6.31. The van der Waals surface area contributed by atoms with Gasteiger partial charge in [0.25, 0.3) is 0 Å². The molecule has 4 rings (SSSR count). The van der Waals surface area contributed by atoms with Gasteiger partial charge in [-0.15, -0.1) is 0 Å². The molecule has 1 saturated heterocycles. The number of hydrogen-bond acceptors (Lipinski definition) is 5. The van der Waals surface area contributed by atoms with Crippen LogP contribution in [0.3, 0.4) is 0 Å². The molecule has 0 bridgehead atoms. The van der Waals surface area contributed by atoms with Crippen molar-refractivity contribution in [2.75, 3.05) is 50.1 Å². The molecule has 1 aliphatic rings. The highest BCUT2D eigenvalue weighted by atomic mass is 35.5. The number of hydrogen-bond donors (Lipinski definition) is 2. The predicted octanol–water partition coefficient (Wildman–Crippen LogP) is 3.99. The van der Waals surface area contributed by atoms with Crippen LogP contribution in [0.25, 0.3) is 10.9 Å². The van der Waals surface area contributed by atoms with E-state index in [1.54, 1.807) is 18.2 Å². The number of aromatic amines is 1. The number of methoxy groups -OCH3 is 1. The van der Waals surface area contributed by atoms with E-state index in [9.17, 15) is 9.59 Å². The fourth-order valence-electron chi connectivity index (χ4n) is 4.16. The first-order chi connectivity index (χ1) is 15.4. The van der Waals surface area contributed by atoms with E-state index >= 15 is 0 Å². The van der Waals surface area contributed by atoms with Gasteiger partial charge in [-0.25, -0.2) is 4.79 Å². The highest BCUT2D eigenvalue weighted by molar-refractivity contribution is 6.31. The Morgan fingerprint density at radius 2 is 1.88 bits per heavy atom. The van der Waals surface area contributed by atoms with Crippen molar-refractivity contribution in [3.8, 4) is 0 Å². The minimum atomic E-state index is -0.547. The maximum absolute atomic E-state index is 12.9. The molecule has 1 aliphatic heterocycles. The number of amides is 1. The normalized spacial score (nSPS) is 14.6. The Morgan fingerprint density at radius 3 is 2.59 bits per heavy atom. The molecular formula is C24H27ClN4O3. The lowest BCUT2D eigenvalue weighted by Gasteiger charge is -2.36. The second-order valence-electron chi connectivity index (χ2n) is 8.09. The summed E-state index contributed by atoms with van der Waals surface area (Å²) in [6, 6.07) is 11.6. The number of benzene rings is 2. The number of carbonyl (C=O) groups is 2. The molecule has 0 radical (unpaired) electrons. The molecule has 0 atom stereocenters. The Hall–Kier alpha value is -3.03. The van der Waals surface area contributed by atoms with Crippen molar-refractivity contribution in [2.45, 2.75) is 13.8 Å². The maximum atomic E-state index is 12.9. The van der Waals surface area contributed by atoms with Crippen LogP contribution in [0.4, 0.5) is 11.4 Å². The van der Waals surface area contributed by atoms with Crippen LogP contribution in [0.5, 0.6) is 0 Å². The van der Waals surface area contributed by atoms with Gasteiger partial charge in [-0.2, -0.15) is 0 Å². The van der Waals surface area contributed by atoms with Gasteiger partial charge < -0.3 is 19.9 Å². The first-order valence-electron chi connectivity index (χ1n) is 10.6. The van der Waals surface area contributed by atoms with Crippen LogP contribution in [-0.2, 0) is 9.53 Å². The number of halogens is 1. The zero-order valence-electron chi connectivity index (χ0n) is 18.5. The molecule has 0 spiro atoms. The summed E-state index contributed by atoms with van der Waals surface area (Å²) in [6.45, 7) is 7.79. The van der Waals surface area contributed by atoms with Crippen LogP contribution < -0.4 is 10.2 Å². The molecule has 2 heterocycles. The molecular weight excluding hydrogens is 428 g/mol. The molecule has 0 aliphatic carbocycles. The fourth-order valence-corrected chi connectivity index (χ4v) is 4.33. The first kappa shape index (κ1) is 22.2. The summed E-state index contributed by atoms with van der Waals surface area (Å²) >= 11 is 6.13. The van der Waals surface area contributed by atoms with E-state index in [1.807, 2.05) is 0 Å². The molecule has 2 N–H and O–H groups in total. The van der Waals surface area contributed by atoms with Gasteiger partial charge in [0, 0.05) is 47.8 Å². The average Bonchev–Trinajstić information content (AvgIpc) is 3.13. The second kappa shape index (κ2) is 9.22. The van der Waals surface area contributed by atoms with Crippen LogP contribution >= 0.6 is 11.6 Å². The Balaban J connectivity index is 1.44. The van der Waals surface area contributed by atoms with E-state index in [0.29, 0.717) is 21.6 Å². The number of piperazine rings is 1. The summed E-state index contributed by atoms with van der Waals surface area (Å²) < 4.78 is 4.87. The van der Waals surface area contributed by atoms with Crippen molar-refractivity contribution in [3.05, 3.63) is 58.2 Å². The molecule has 168 valence electrons. The Kier molecular flexibility index (Phi) is 6.39. The SMILES string of the molecule is COC(=O)c1[nH]c2ccc(Cl)cc2c1NC(=O)CN1CCN(c2cccc(C)c2C)CC1. The summed E-state index contributed by atoms with van der Waals surface area (Å²) in [6.07, 6.45) is 0. The van der Waals surface area contributed by atoms with Crippen molar-refractivity contribution in [1.29, 1.82) is 0 Å². The van der Waals surface area contributed by atoms with Gasteiger partial charge in [0.2, 0.25) is 5.91 Å². The molecule has 0 unspecified atom stereocenters. The number of nitrogens with zero attached hydrogens (tertiary/aromatic N) is 2. The van der Waals surface area contributed by atoms with E-state index in [0.717, 1.165) is 26.2 Å². The minimum absolute atomic E-state index is 0.184. The third-order valence-electron chi connectivity index (χ3n) is 6.07. The van der Waals surface area contributed by atoms with Crippen molar-refractivity contribution in [2.24, 2.45) is 0 Å². The van der Waals surface area contributed by atoms with Gasteiger partial charge in [-0.05, 0) is 49.2 Å². The van der Waals surface area contributed by atoms with Crippen molar-refractivity contribution < 1.29 is 14.3 Å². The smallest absolute Gasteiger partial charge is 0.356 e. The summed E-state index contributed by atoms with van der Waals surface area (Å²) in [5, 5.41) is 4.09. The fraction of sp³-hybridized carbons (Fsp3) is 0.333. The number of anilines is 2. The number of fused-ring (bicyclic) bond motifs is 1. The van der Waals surface area contributed by atoms with Crippen molar-refractivity contribution in [3.63, 3.8) is 0 Å². The number of nitrogens with one attached hydrogen (secondary N) is 2. The van der Waals surface area contributed by atoms with Gasteiger partial charge >= 0.3 is 5.97 Å². The molecule has 1 fully saturated rings. The van der Waals surface area contributed by atoms with E-state index < -0.39 is 5.97 Å². The summed E-state index contributed by atoms with van der Waals surface area (Å²) in [7, 11) is 1.31. The predicted molar refractivity (Wildman–Crippen MR) is 128 cm³/mol. The number of rotatable bonds is 5. The van der Waals surface area contributed by atoms with Crippen molar-refractivity contribution in [1.82, 2.24) is 9.88 Å². The van der Waals surface area contributed by atoms with Crippen LogP contribution in [0, 0.1) is 13.8 Å². The van der Waals surface area contributed by atoms with Gasteiger partial charge in [0.15, 0.2) is 0 Å². The maximum Gasteiger partial charge on any atom is 0.356 e. The van der Waals surface area contributed by atoms with Gasteiger partial charge in [0.05, 0.1) is 19.3 Å². The minimum Gasteiger partial charge on any atom is -0.464 e. The standard InChI is InChI=1S/C24H27ClN4O3/c1-15-5-4-6-20(16(15)2)29-11-9-28(10-12-29)14-21(30)27-22-18-13-17(25)7-8-19(18)26-23(22)24(31)32-3/h4-8,13,26H,9-12,14H2,1-3H3,(H,27,30). The molecule has 2 aromatic carbocycles. The highest BCUT2D eigenvalue weighted by Gasteiger charge is 2.24. The second-order valence-corrected chi connectivity index (χ2v) is 8.52. The van der Waals surface area contributed by atoms with Gasteiger partial charge in [-0.1, -0.05) is 23.7 Å². The Labute approximate surface area is 192 Å². The topological polar surface area (TPSA) is 77.7 Å². The van der Waals surface area contributed by atoms with Gasteiger partial charge in [-0.3, -0.25) is 9.69 Å². The molecule has 1 amide bonds. The number of ether oxygens (including phenoxy) is 1. The average molecular weight is 455 g/mol. The van der Waals surface area contributed by atoms with Gasteiger partial charge in [0.1, 0.15) is 5.69 Å². The monoisotopic (exact) mass is 454 g/mol. The number of H-pyrrole nitrogens is 1. The molecule has 32 heavy (non-hydrogen) atoms. The highest BCUT2D eigenvalue weighted by Crippen LogP contribution is 2.31. The van der Waals surface area contributed by atoms with E-state index in [2.05, 4.69) is 52.1 Å².